The molecular formula is C14H11Br2ClFN. The maximum Gasteiger partial charge on any atom is 0.126 e. The van der Waals surface area contributed by atoms with Gasteiger partial charge in [0.25, 0.3) is 0 Å². The standard InChI is InChI=1S/C14H11Br2ClFN/c15-9-1-3-11(12(16)7-9)14(19)6-8-5-10(17)2-4-13(8)18/h1-5,7,14H,6,19H2. The first-order chi connectivity index (χ1) is 8.97. The van der Waals surface area contributed by atoms with Crippen LogP contribution in [0.15, 0.2) is 45.3 Å². The van der Waals surface area contributed by atoms with Crippen molar-refractivity contribution in [3.8, 4) is 0 Å². The second-order valence-corrected chi connectivity index (χ2v) is 6.42. The molecular weight excluding hydrogens is 396 g/mol. The zero-order chi connectivity index (χ0) is 14.0. The highest BCUT2D eigenvalue weighted by Crippen LogP contribution is 2.28. The van der Waals surface area contributed by atoms with Crippen molar-refractivity contribution in [2.45, 2.75) is 12.5 Å². The molecule has 0 amide bonds. The number of halogens is 4. The van der Waals surface area contributed by atoms with Crippen LogP contribution in [0.4, 0.5) is 4.39 Å². The molecule has 0 aliphatic heterocycles. The topological polar surface area (TPSA) is 26.0 Å². The normalized spacial score (nSPS) is 12.5. The molecule has 1 atom stereocenters. The van der Waals surface area contributed by atoms with Gasteiger partial charge in [-0.2, -0.15) is 0 Å². The molecule has 2 N–H and O–H groups in total. The Morgan fingerprint density at radius 1 is 1.16 bits per heavy atom. The van der Waals surface area contributed by atoms with E-state index in [9.17, 15) is 4.39 Å². The van der Waals surface area contributed by atoms with Crippen LogP contribution in [0.2, 0.25) is 5.02 Å². The SMILES string of the molecule is NC(Cc1cc(Cl)ccc1F)c1ccc(Br)cc1Br. The van der Waals surface area contributed by atoms with E-state index in [4.69, 9.17) is 17.3 Å². The molecule has 0 saturated carbocycles. The molecule has 1 nitrogen and oxygen atoms in total. The van der Waals surface area contributed by atoms with Gasteiger partial charge in [0, 0.05) is 20.0 Å². The van der Waals surface area contributed by atoms with Gasteiger partial charge in [-0.1, -0.05) is 49.5 Å². The fourth-order valence-corrected chi connectivity index (χ4v) is 3.38. The maximum absolute atomic E-state index is 13.7. The minimum absolute atomic E-state index is 0.284. The molecule has 2 rings (SSSR count). The summed E-state index contributed by atoms with van der Waals surface area (Å²) >= 11 is 12.7. The van der Waals surface area contributed by atoms with Gasteiger partial charge in [0.1, 0.15) is 5.82 Å². The first-order valence-corrected chi connectivity index (χ1v) is 7.58. The van der Waals surface area contributed by atoms with Crippen LogP contribution in [-0.4, -0.2) is 0 Å². The fourth-order valence-electron chi connectivity index (χ4n) is 1.85. The molecule has 5 heteroatoms. The third-order valence-corrected chi connectivity index (χ3v) is 4.22. The first kappa shape index (κ1) is 15.0. The Bertz CT molecular complexity index is 604. The van der Waals surface area contributed by atoms with Crippen molar-refractivity contribution in [2.24, 2.45) is 5.73 Å². The first-order valence-electron chi connectivity index (χ1n) is 5.62. The maximum atomic E-state index is 13.7. The lowest BCUT2D eigenvalue weighted by Crippen LogP contribution is -2.14. The zero-order valence-electron chi connectivity index (χ0n) is 9.84. The highest BCUT2D eigenvalue weighted by Gasteiger charge is 2.13. The molecule has 0 heterocycles. The molecule has 100 valence electrons. The fraction of sp³-hybridized carbons (Fsp3) is 0.143. The predicted molar refractivity (Wildman–Crippen MR) is 83.9 cm³/mol. The van der Waals surface area contributed by atoms with Crippen LogP contribution < -0.4 is 5.73 Å². The summed E-state index contributed by atoms with van der Waals surface area (Å²) in [6.45, 7) is 0. The summed E-state index contributed by atoms with van der Waals surface area (Å²) in [5, 5.41) is 0.512. The van der Waals surface area contributed by atoms with Gasteiger partial charge in [0.05, 0.1) is 0 Å². The monoisotopic (exact) mass is 405 g/mol. The molecule has 2 aromatic rings. The molecule has 0 aromatic heterocycles. The van der Waals surface area contributed by atoms with Crippen LogP contribution in [0.25, 0.3) is 0 Å². The third-order valence-electron chi connectivity index (χ3n) is 2.81. The van der Waals surface area contributed by atoms with Crippen molar-refractivity contribution in [3.63, 3.8) is 0 Å². The van der Waals surface area contributed by atoms with Gasteiger partial charge < -0.3 is 5.73 Å². The molecule has 0 bridgehead atoms. The summed E-state index contributed by atoms with van der Waals surface area (Å²) in [6.07, 6.45) is 0.395. The van der Waals surface area contributed by atoms with E-state index in [1.54, 1.807) is 6.07 Å². The summed E-state index contributed by atoms with van der Waals surface area (Å²) in [7, 11) is 0. The van der Waals surface area contributed by atoms with Crippen molar-refractivity contribution >= 4 is 43.5 Å². The Morgan fingerprint density at radius 3 is 2.58 bits per heavy atom. The number of nitrogens with two attached hydrogens (primary N) is 1. The summed E-state index contributed by atoms with van der Waals surface area (Å²) in [5.74, 6) is -0.284. The van der Waals surface area contributed by atoms with Crippen LogP contribution in [-0.2, 0) is 6.42 Å². The van der Waals surface area contributed by atoms with E-state index in [0.717, 1.165) is 14.5 Å². The average Bonchev–Trinajstić information content (AvgIpc) is 2.33. The predicted octanol–water partition coefficient (Wildman–Crippen LogP) is 5.25. The third kappa shape index (κ3) is 3.78. The highest BCUT2D eigenvalue weighted by molar-refractivity contribution is 9.11. The molecule has 0 aliphatic carbocycles. The molecule has 0 spiro atoms. The van der Waals surface area contributed by atoms with E-state index >= 15 is 0 Å². The van der Waals surface area contributed by atoms with E-state index in [2.05, 4.69) is 31.9 Å². The molecule has 0 aliphatic rings. The Hall–Kier alpha value is -0.420. The van der Waals surface area contributed by atoms with E-state index in [0.29, 0.717) is 17.0 Å². The van der Waals surface area contributed by atoms with Crippen molar-refractivity contribution in [2.75, 3.05) is 0 Å². The van der Waals surface area contributed by atoms with E-state index in [1.807, 2.05) is 18.2 Å². The molecule has 19 heavy (non-hydrogen) atoms. The molecule has 0 radical (unpaired) electrons. The van der Waals surface area contributed by atoms with Crippen LogP contribution in [0.3, 0.4) is 0 Å². The van der Waals surface area contributed by atoms with Crippen LogP contribution >= 0.6 is 43.5 Å². The number of rotatable bonds is 3. The summed E-state index contributed by atoms with van der Waals surface area (Å²) in [5.41, 5.74) is 7.60. The second kappa shape index (κ2) is 6.35. The lowest BCUT2D eigenvalue weighted by Gasteiger charge is -2.15. The summed E-state index contributed by atoms with van der Waals surface area (Å²) in [4.78, 5) is 0. The lowest BCUT2D eigenvalue weighted by molar-refractivity contribution is 0.593. The largest absolute Gasteiger partial charge is 0.324 e. The number of hydrogen-bond acceptors (Lipinski definition) is 1. The smallest absolute Gasteiger partial charge is 0.126 e. The van der Waals surface area contributed by atoms with Gasteiger partial charge >= 0.3 is 0 Å². The molecule has 0 saturated heterocycles. The number of benzene rings is 2. The Morgan fingerprint density at radius 2 is 1.89 bits per heavy atom. The van der Waals surface area contributed by atoms with Gasteiger partial charge in [0.2, 0.25) is 0 Å². The highest BCUT2D eigenvalue weighted by atomic mass is 79.9. The average molecular weight is 408 g/mol. The Balaban J connectivity index is 2.25. The molecule has 1 unspecified atom stereocenters. The molecule has 2 aromatic carbocycles. The van der Waals surface area contributed by atoms with Crippen molar-refractivity contribution < 1.29 is 4.39 Å². The van der Waals surface area contributed by atoms with Gasteiger partial charge in [-0.3, -0.25) is 0 Å². The zero-order valence-corrected chi connectivity index (χ0v) is 13.8. The van der Waals surface area contributed by atoms with Gasteiger partial charge in [-0.15, -0.1) is 0 Å². The minimum Gasteiger partial charge on any atom is -0.324 e. The molecule has 0 fully saturated rings. The van der Waals surface area contributed by atoms with Gasteiger partial charge in [-0.25, -0.2) is 4.39 Å². The van der Waals surface area contributed by atoms with Crippen LogP contribution in [0.1, 0.15) is 17.2 Å². The quantitative estimate of drug-likeness (QED) is 0.739. The minimum atomic E-state index is -0.296. The van der Waals surface area contributed by atoms with Crippen molar-refractivity contribution in [1.29, 1.82) is 0 Å². The van der Waals surface area contributed by atoms with Crippen LogP contribution in [0.5, 0.6) is 0 Å². The van der Waals surface area contributed by atoms with E-state index in [1.165, 1.54) is 12.1 Å². The van der Waals surface area contributed by atoms with Gasteiger partial charge in [0.15, 0.2) is 0 Å². The number of hydrogen-bond donors (Lipinski definition) is 1. The second-order valence-electron chi connectivity index (χ2n) is 4.21. The Kier molecular flexibility index (Phi) is 5.01. The van der Waals surface area contributed by atoms with Gasteiger partial charge in [-0.05, 0) is 47.9 Å². The van der Waals surface area contributed by atoms with Crippen molar-refractivity contribution in [1.82, 2.24) is 0 Å². The van der Waals surface area contributed by atoms with Crippen molar-refractivity contribution in [3.05, 3.63) is 67.3 Å². The summed E-state index contributed by atoms with van der Waals surface area (Å²) < 4.78 is 15.5. The Labute approximate surface area is 133 Å². The van der Waals surface area contributed by atoms with E-state index in [-0.39, 0.29) is 11.9 Å². The summed E-state index contributed by atoms with van der Waals surface area (Å²) in [6, 6.07) is 9.96. The van der Waals surface area contributed by atoms with E-state index < -0.39 is 0 Å². The lowest BCUT2D eigenvalue weighted by atomic mass is 9.99. The van der Waals surface area contributed by atoms with Crippen LogP contribution in [0, 0.1) is 5.82 Å².